The highest BCUT2D eigenvalue weighted by atomic mass is 35.5. The van der Waals surface area contributed by atoms with Gasteiger partial charge in [0.15, 0.2) is 0 Å². The zero-order chi connectivity index (χ0) is 13.3. The van der Waals surface area contributed by atoms with Crippen LogP contribution in [0.25, 0.3) is 0 Å². The highest BCUT2D eigenvalue weighted by Gasteiger charge is 2.42. The summed E-state index contributed by atoms with van der Waals surface area (Å²) >= 11 is 11.8. The maximum atomic E-state index is 11.4. The first-order valence-electron chi connectivity index (χ1n) is 5.12. The van der Waals surface area contributed by atoms with E-state index in [1.807, 2.05) is 0 Å². The van der Waals surface area contributed by atoms with E-state index in [-0.39, 0.29) is 6.42 Å². The topological polar surface area (TPSA) is 64.7 Å². The third-order valence-corrected chi connectivity index (χ3v) is 3.13. The molecule has 0 fully saturated rings. The van der Waals surface area contributed by atoms with Gasteiger partial charge in [-0.2, -0.15) is 0 Å². The fourth-order valence-corrected chi connectivity index (χ4v) is 2.19. The number of carbonyl (C=O) groups is 1. The zero-order valence-corrected chi connectivity index (χ0v) is 10.8. The molecule has 0 aromatic heterocycles. The largest absolute Gasteiger partial charge is 0.374 e. The second kappa shape index (κ2) is 4.63. The van der Waals surface area contributed by atoms with Crippen molar-refractivity contribution in [2.75, 3.05) is 0 Å². The van der Waals surface area contributed by atoms with E-state index in [4.69, 9.17) is 33.8 Å². The molecule has 18 heavy (non-hydrogen) atoms. The van der Waals surface area contributed by atoms with Crippen molar-refractivity contribution >= 4 is 34.8 Å². The number of benzene rings is 1. The van der Waals surface area contributed by atoms with Gasteiger partial charge in [-0.15, -0.1) is 0 Å². The first kappa shape index (κ1) is 12.9. The van der Waals surface area contributed by atoms with E-state index >= 15 is 0 Å². The number of oxime groups is 1. The predicted molar refractivity (Wildman–Crippen MR) is 70.8 cm³/mol. The second-order valence-electron chi connectivity index (χ2n) is 3.92. The van der Waals surface area contributed by atoms with Crippen LogP contribution in [-0.4, -0.2) is 17.2 Å². The Hall–Kier alpha value is -1.52. The standard InChI is InChI=1S/C12H10Cl2N2O2/c1-2-12(11(15)17)6-10(16-18-12)7-3-8(13)5-9(14)4-7/h2-5H,1,6H2,(H2,15,17). The van der Waals surface area contributed by atoms with E-state index in [2.05, 4.69) is 11.7 Å². The number of halogens is 2. The summed E-state index contributed by atoms with van der Waals surface area (Å²) < 4.78 is 0. The molecule has 1 aromatic rings. The van der Waals surface area contributed by atoms with Crippen LogP contribution in [0.1, 0.15) is 12.0 Å². The van der Waals surface area contributed by atoms with E-state index in [1.54, 1.807) is 18.2 Å². The average molecular weight is 285 g/mol. The highest BCUT2D eigenvalue weighted by Crippen LogP contribution is 2.29. The number of primary amides is 1. The molecule has 6 heteroatoms. The normalized spacial score (nSPS) is 22.2. The summed E-state index contributed by atoms with van der Waals surface area (Å²) in [4.78, 5) is 16.5. The minimum Gasteiger partial charge on any atom is -0.374 e. The minimum atomic E-state index is -1.29. The summed E-state index contributed by atoms with van der Waals surface area (Å²) in [5.74, 6) is -0.635. The second-order valence-corrected chi connectivity index (χ2v) is 4.79. The minimum absolute atomic E-state index is 0.211. The molecule has 4 nitrogen and oxygen atoms in total. The average Bonchev–Trinajstić information content (AvgIpc) is 2.73. The molecule has 2 N–H and O–H groups in total. The molecule has 1 heterocycles. The molecule has 94 valence electrons. The lowest BCUT2D eigenvalue weighted by Gasteiger charge is -2.17. The van der Waals surface area contributed by atoms with Crippen molar-refractivity contribution in [1.29, 1.82) is 0 Å². The van der Waals surface area contributed by atoms with Crippen LogP contribution < -0.4 is 5.73 Å². The Balaban J connectivity index is 2.33. The van der Waals surface area contributed by atoms with Gasteiger partial charge < -0.3 is 10.6 Å². The smallest absolute Gasteiger partial charge is 0.269 e. The summed E-state index contributed by atoms with van der Waals surface area (Å²) in [6, 6.07) is 4.99. The fraction of sp³-hybridized carbons (Fsp3) is 0.167. The van der Waals surface area contributed by atoms with E-state index in [0.29, 0.717) is 21.3 Å². The van der Waals surface area contributed by atoms with Gasteiger partial charge in [0.05, 0.1) is 5.71 Å². The van der Waals surface area contributed by atoms with Crippen molar-refractivity contribution in [3.63, 3.8) is 0 Å². The van der Waals surface area contributed by atoms with Crippen molar-refractivity contribution in [2.24, 2.45) is 10.9 Å². The molecule has 0 aliphatic carbocycles. The molecule has 0 saturated carbocycles. The Labute approximate surface area is 114 Å². The lowest BCUT2D eigenvalue weighted by Crippen LogP contribution is -2.42. The molecule has 0 bridgehead atoms. The van der Waals surface area contributed by atoms with Gasteiger partial charge in [-0.1, -0.05) is 34.9 Å². The Bertz CT molecular complexity index is 537. The van der Waals surface area contributed by atoms with Gasteiger partial charge in [-0.25, -0.2) is 0 Å². The number of carbonyl (C=O) groups excluding carboxylic acids is 1. The predicted octanol–water partition coefficient (Wildman–Crippen LogP) is 2.53. The summed E-state index contributed by atoms with van der Waals surface area (Å²) in [5, 5.41) is 4.82. The molecular weight excluding hydrogens is 275 g/mol. The maximum Gasteiger partial charge on any atom is 0.269 e. The molecule has 1 atom stereocenters. The number of rotatable bonds is 3. The third-order valence-electron chi connectivity index (χ3n) is 2.69. The lowest BCUT2D eigenvalue weighted by molar-refractivity contribution is -0.134. The quantitative estimate of drug-likeness (QED) is 0.867. The summed E-state index contributed by atoms with van der Waals surface area (Å²) in [6.45, 7) is 3.55. The van der Waals surface area contributed by atoms with E-state index in [9.17, 15) is 4.79 Å². The summed E-state index contributed by atoms with van der Waals surface area (Å²) in [5.41, 5.74) is 5.24. The van der Waals surface area contributed by atoms with Crippen LogP contribution in [0.2, 0.25) is 10.0 Å². The van der Waals surface area contributed by atoms with Gasteiger partial charge >= 0.3 is 0 Å². The summed E-state index contributed by atoms with van der Waals surface area (Å²) in [6.07, 6.45) is 1.56. The van der Waals surface area contributed by atoms with Gasteiger partial charge in [0.25, 0.3) is 5.91 Å². The first-order chi connectivity index (χ1) is 8.47. The van der Waals surface area contributed by atoms with Gasteiger partial charge in [0, 0.05) is 22.0 Å². The van der Waals surface area contributed by atoms with Crippen LogP contribution in [0.4, 0.5) is 0 Å². The van der Waals surface area contributed by atoms with Crippen LogP contribution >= 0.6 is 23.2 Å². The highest BCUT2D eigenvalue weighted by molar-refractivity contribution is 6.35. The molecule has 0 radical (unpaired) electrons. The van der Waals surface area contributed by atoms with Gasteiger partial charge in [-0.3, -0.25) is 4.79 Å². The molecule has 1 aliphatic heterocycles. The maximum absolute atomic E-state index is 11.4. The van der Waals surface area contributed by atoms with Crippen LogP contribution in [0, 0.1) is 0 Å². The summed E-state index contributed by atoms with van der Waals surface area (Å²) in [7, 11) is 0. The Morgan fingerprint density at radius 3 is 2.50 bits per heavy atom. The molecule has 2 rings (SSSR count). The lowest BCUT2D eigenvalue weighted by atomic mass is 9.94. The Morgan fingerprint density at radius 2 is 2.06 bits per heavy atom. The van der Waals surface area contributed by atoms with Crippen molar-refractivity contribution in [3.05, 3.63) is 46.5 Å². The SMILES string of the molecule is C=CC1(C(N)=O)CC(c2cc(Cl)cc(Cl)c2)=NO1. The van der Waals surface area contributed by atoms with Crippen molar-refractivity contribution in [1.82, 2.24) is 0 Å². The molecule has 0 saturated heterocycles. The van der Waals surface area contributed by atoms with Crippen molar-refractivity contribution in [2.45, 2.75) is 12.0 Å². The Morgan fingerprint density at radius 1 is 1.44 bits per heavy atom. The third kappa shape index (κ3) is 2.21. The first-order valence-corrected chi connectivity index (χ1v) is 5.87. The Kier molecular flexibility index (Phi) is 3.32. The molecular formula is C12H10Cl2N2O2. The fourth-order valence-electron chi connectivity index (χ4n) is 1.67. The number of amides is 1. The van der Waals surface area contributed by atoms with Crippen molar-refractivity contribution < 1.29 is 9.63 Å². The van der Waals surface area contributed by atoms with E-state index in [1.165, 1.54) is 6.08 Å². The molecule has 1 amide bonds. The number of hydrogen-bond acceptors (Lipinski definition) is 3. The van der Waals surface area contributed by atoms with Gasteiger partial charge in [0.1, 0.15) is 0 Å². The number of hydrogen-bond donors (Lipinski definition) is 1. The molecule has 1 aromatic carbocycles. The van der Waals surface area contributed by atoms with E-state index < -0.39 is 11.5 Å². The van der Waals surface area contributed by atoms with Crippen LogP contribution in [-0.2, 0) is 9.63 Å². The number of nitrogens with two attached hydrogens (primary N) is 1. The number of nitrogens with zero attached hydrogens (tertiary/aromatic N) is 1. The molecule has 1 unspecified atom stereocenters. The monoisotopic (exact) mass is 284 g/mol. The molecule has 1 aliphatic rings. The molecule has 0 spiro atoms. The zero-order valence-electron chi connectivity index (χ0n) is 9.32. The van der Waals surface area contributed by atoms with Crippen molar-refractivity contribution in [3.8, 4) is 0 Å². The van der Waals surface area contributed by atoms with Crippen LogP contribution in [0.15, 0.2) is 36.0 Å². The van der Waals surface area contributed by atoms with Gasteiger partial charge in [-0.05, 0) is 24.3 Å². The van der Waals surface area contributed by atoms with Crippen LogP contribution in [0.3, 0.4) is 0 Å². The van der Waals surface area contributed by atoms with Crippen LogP contribution in [0.5, 0.6) is 0 Å². The van der Waals surface area contributed by atoms with Gasteiger partial charge in [0.2, 0.25) is 5.60 Å². The van der Waals surface area contributed by atoms with E-state index in [0.717, 1.165) is 0 Å².